The van der Waals surface area contributed by atoms with Crippen molar-refractivity contribution in [2.45, 2.75) is 25.5 Å². The van der Waals surface area contributed by atoms with Crippen LogP contribution in [0.3, 0.4) is 0 Å². The van der Waals surface area contributed by atoms with Crippen molar-refractivity contribution >= 4 is 22.9 Å². The lowest BCUT2D eigenvalue weighted by Gasteiger charge is -2.39. The number of nitrogens with one attached hydrogen (secondary N) is 1. The second-order valence-electron chi connectivity index (χ2n) is 8.71. The summed E-state index contributed by atoms with van der Waals surface area (Å²) in [6, 6.07) is 14.7. The molecule has 2 aliphatic rings. The average molecular weight is 549 g/mol. The van der Waals surface area contributed by atoms with Crippen LogP contribution in [0.25, 0.3) is 0 Å². The molecule has 1 N–H and O–H groups in total. The van der Waals surface area contributed by atoms with Crippen LogP contribution in [-0.4, -0.2) is 93.0 Å². The average Bonchev–Trinajstić information content (AvgIpc) is 2.92. The number of aromatic nitrogens is 1. The molecule has 8 nitrogen and oxygen atoms in total. The van der Waals surface area contributed by atoms with Crippen LogP contribution in [-0.2, 0) is 15.9 Å². The SMILES string of the molecule is Br.COc1ccc(CCNC(=NC[C@H]2COCCO2)N2CCN(C(C)c3ccccn3)CC2)cc1. The summed E-state index contributed by atoms with van der Waals surface area (Å²) in [5.74, 6) is 1.83. The van der Waals surface area contributed by atoms with Crippen LogP contribution in [0.1, 0.15) is 24.2 Å². The van der Waals surface area contributed by atoms with Crippen molar-refractivity contribution in [1.82, 2.24) is 20.1 Å². The van der Waals surface area contributed by atoms with E-state index in [1.54, 1.807) is 7.11 Å². The highest BCUT2D eigenvalue weighted by molar-refractivity contribution is 8.93. The summed E-state index contributed by atoms with van der Waals surface area (Å²) in [4.78, 5) is 14.3. The van der Waals surface area contributed by atoms with Crippen LogP contribution in [0.15, 0.2) is 53.7 Å². The number of aliphatic imine (C=N–C) groups is 1. The maximum absolute atomic E-state index is 5.80. The molecule has 192 valence electrons. The van der Waals surface area contributed by atoms with Gasteiger partial charge in [0.05, 0.1) is 39.2 Å². The molecule has 0 spiro atoms. The Kier molecular flexibility index (Phi) is 11.3. The normalized spacial score (nSPS) is 20.1. The molecule has 2 atom stereocenters. The number of rotatable bonds is 8. The number of methoxy groups -OCH3 is 1. The molecule has 2 fully saturated rings. The van der Waals surface area contributed by atoms with Crippen molar-refractivity contribution < 1.29 is 14.2 Å². The molecule has 0 amide bonds. The number of nitrogens with zero attached hydrogens (tertiary/aromatic N) is 4. The number of hydrogen-bond acceptors (Lipinski definition) is 6. The molecule has 0 bridgehead atoms. The molecule has 1 aromatic heterocycles. The molecule has 1 aromatic carbocycles. The van der Waals surface area contributed by atoms with Crippen molar-refractivity contribution in [2.75, 3.05) is 66.2 Å². The number of benzene rings is 1. The minimum absolute atomic E-state index is 0. The smallest absolute Gasteiger partial charge is 0.194 e. The summed E-state index contributed by atoms with van der Waals surface area (Å²) in [5, 5.41) is 3.60. The van der Waals surface area contributed by atoms with Crippen molar-refractivity contribution in [3.8, 4) is 5.75 Å². The highest BCUT2D eigenvalue weighted by Crippen LogP contribution is 2.19. The van der Waals surface area contributed by atoms with E-state index in [4.69, 9.17) is 19.2 Å². The van der Waals surface area contributed by atoms with Crippen LogP contribution in [0, 0.1) is 0 Å². The quantitative estimate of drug-likeness (QED) is 0.402. The Balaban J connectivity index is 0.00000342. The van der Waals surface area contributed by atoms with Crippen LogP contribution >= 0.6 is 17.0 Å². The third kappa shape index (κ3) is 8.17. The van der Waals surface area contributed by atoms with E-state index in [0.29, 0.717) is 32.4 Å². The zero-order valence-electron chi connectivity index (χ0n) is 20.8. The zero-order chi connectivity index (χ0) is 23.6. The third-order valence-electron chi connectivity index (χ3n) is 6.46. The standard InChI is InChI=1S/C26H37N5O3.BrH/c1-21(25-5-3-4-11-27-25)30-13-15-31(16-14-30)26(29-19-24-20-33-17-18-34-24)28-12-10-22-6-8-23(32-2)9-7-22;/h3-9,11,21,24H,10,12-20H2,1-2H3,(H,28,29);1H/t21?,24-;/m0./s1. The topological polar surface area (TPSA) is 71.5 Å². The van der Waals surface area contributed by atoms with Gasteiger partial charge in [0.25, 0.3) is 0 Å². The fourth-order valence-electron chi connectivity index (χ4n) is 4.34. The van der Waals surface area contributed by atoms with Crippen LogP contribution in [0.2, 0.25) is 0 Å². The Hall–Kier alpha value is -2.20. The summed E-state index contributed by atoms with van der Waals surface area (Å²) in [7, 11) is 1.69. The monoisotopic (exact) mass is 547 g/mol. The highest BCUT2D eigenvalue weighted by Gasteiger charge is 2.25. The minimum Gasteiger partial charge on any atom is -0.497 e. The predicted octanol–water partition coefficient (Wildman–Crippen LogP) is 2.95. The van der Waals surface area contributed by atoms with Gasteiger partial charge in [-0.05, 0) is 43.2 Å². The Morgan fingerprint density at radius 2 is 1.94 bits per heavy atom. The van der Waals surface area contributed by atoms with Crippen molar-refractivity contribution in [1.29, 1.82) is 0 Å². The summed E-state index contributed by atoms with van der Waals surface area (Å²) < 4.78 is 16.6. The lowest BCUT2D eigenvalue weighted by atomic mass is 10.1. The number of piperazine rings is 1. The Labute approximate surface area is 219 Å². The molecular weight excluding hydrogens is 510 g/mol. The van der Waals surface area contributed by atoms with E-state index in [-0.39, 0.29) is 23.1 Å². The fourth-order valence-corrected chi connectivity index (χ4v) is 4.34. The van der Waals surface area contributed by atoms with Gasteiger partial charge in [0, 0.05) is 45.0 Å². The van der Waals surface area contributed by atoms with E-state index < -0.39 is 0 Å². The van der Waals surface area contributed by atoms with E-state index in [1.165, 1.54) is 5.56 Å². The first kappa shape index (κ1) is 27.4. The van der Waals surface area contributed by atoms with Gasteiger partial charge in [0.1, 0.15) is 11.9 Å². The van der Waals surface area contributed by atoms with Gasteiger partial charge in [-0.3, -0.25) is 14.9 Å². The van der Waals surface area contributed by atoms with Gasteiger partial charge in [-0.15, -0.1) is 17.0 Å². The van der Waals surface area contributed by atoms with Crippen LogP contribution in [0.5, 0.6) is 5.75 Å². The first-order valence-corrected chi connectivity index (χ1v) is 12.2. The first-order valence-electron chi connectivity index (χ1n) is 12.2. The summed E-state index contributed by atoms with van der Waals surface area (Å²) in [6.07, 6.45) is 2.82. The van der Waals surface area contributed by atoms with Gasteiger partial charge >= 0.3 is 0 Å². The molecule has 2 aliphatic heterocycles. The molecule has 0 radical (unpaired) electrons. The van der Waals surface area contributed by atoms with Crippen molar-refractivity contribution in [3.05, 3.63) is 59.9 Å². The van der Waals surface area contributed by atoms with Gasteiger partial charge in [0.2, 0.25) is 0 Å². The molecule has 35 heavy (non-hydrogen) atoms. The van der Waals surface area contributed by atoms with Crippen LogP contribution < -0.4 is 10.1 Å². The fraction of sp³-hybridized carbons (Fsp3) is 0.538. The summed E-state index contributed by atoms with van der Waals surface area (Å²) in [5.41, 5.74) is 2.39. The molecule has 3 heterocycles. The molecule has 9 heteroatoms. The number of hydrogen-bond donors (Lipinski definition) is 1. The maximum Gasteiger partial charge on any atom is 0.194 e. The predicted molar refractivity (Wildman–Crippen MR) is 144 cm³/mol. The number of pyridine rings is 1. The second kappa shape index (κ2) is 14.4. The van der Waals surface area contributed by atoms with Crippen LogP contribution in [0.4, 0.5) is 0 Å². The van der Waals surface area contributed by atoms with Gasteiger partial charge < -0.3 is 24.4 Å². The third-order valence-corrected chi connectivity index (χ3v) is 6.46. The number of guanidine groups is 1. The minimum atomic E-state index is 0. The van der Waals surface area contributed by atoms with Gasteiger partial charge in [-0.2, -0.15) is 0 Å². The Morgan fingerprint density at radius 1 is 1.14 bits per heavy atom. The van der Waals surface area contributed by atoms with E-state index in [0.717, 1.165) is 56.5 Å². The largest absolute Gasteiger partial charge is 0.497 e. The van der Waals surface area contributed by atoms with Gasteiger partial charge in [-0.1, -0.05) is 18.2 Å². The molecular formula is C26H38BrN5O3. The maximum atomic E-state index is 5.80. The summed E-state index contributed by atoms with van der Waals surface area (Å²) in [6.45, 7) is 9.38. The molecule has 2 aromatic rings. The second-order valence-corrected chi connectivity index (χ2v) is 8.71. The van der Waals surface area contributed by atoms with Gasteiger partial charge in [0.15, 0.2) is 5.96 Å². The van der Waals surface area contributed by atoms with E-state index in [2.05, 4.69) is 51.3 Å². The van der Waals surface area contributed by atoms with Crippen molar-refractivity contribution in [2.24, 2.45) is 4.99 Å². The summed E-state index contributed by atoms with van der Waals surface area (Å²) >= 11 is 0. The van der Waals surface area contributed by atoms with Gasteiger partial charge in [-0.25, -0.2) is 0 Å². The Bertz CT molecular complexity index is 886. The molecule has 4 rings (SSSR count). The first-order chi connectivity index (χ1) is 16.7. The van der Waals surface area contributed by atoms with Crippen molar-refractivity contribution in [3.63, 3.8) is 0 Å². The van der Waals surface area contributed by atoms with E-state index in [1.807, 2.05) is 24.4 Å². The number of ether oxygens (including phenoxy) is 3. The number of halogens is 1. The van der Waals surface area contributed by atoms with E-state index in [9.17, 15) is 0 Å². The molecule has 0 aliphatic carbocycles. The lowest BCUT2D eigenvalue weighted by Crippen LogP contribution is -2.53. The van der Waals surface area contributed by atoms with E-state index >= 15 is 0 Å². The molecule has 2 saturated heterocycles. The highest BCUT2D eigenvalue weighted by atomic mass is 79.9. The molecule has 0 saturated carbocycles. The Morgan fingerprint density at radius 3 is 2.60 bits per heavy atom. The zero-order valence-corrected chi connectivity index (χ0v) is 22.5. The lowest BCUT2D eigenvalue weighted by molar-refractivity contribution is -0.0833. The molecule has 1 unspecified atom stereocenters.